The van der Waals surface area contributed by atoms with Crippen LogP contribution >= 0.6 is 0 Å². The minimum atomic E-state index is -0.431. The highest BCUT2D eigenvalue weighted by Crippen LogP contribution is 2.22. The van der Waals surface area contributed by atoms with Gasteiger partial charge < -0.3 is 14.4 Å². The van der Waals surface area contributed by atoms with E-state index >= 15 is 0 Å². The average Bonchev–Trinajstić information content (AvgIpc) is 2.59. The molecule has 4 heteroatoms. The van der Waals surface area contributed by atoms with E-state index in [0.29, 0.717) is 32.7 Å². The fraction of sp³-hybridized carbons (Fsp3) is 0.389. The molecule has 2 aromatic rings. The maximum atomic E-state index is 12.5. The van der Waals surface area contributed by atoms with Gasteiger partial charge in [-0.25, -0.2) is 0 Å². The number of carbonyl (C=O) groups excluding carboxylic acids is 1. The van der Waals surface area contributed by atoms with Crippen LogP contribution in [0.1, 0.15) is 13.3 Å². The summed E-state index contributed by atoms with van der Waals surface area (Å²) in [5.41, 5.74) is 0. The lowest BCUT2D eigenvalue weighted by atomic mass is 10.1. The fourth-order valence-corrected chi connectivity index (χ4v) is 2.70. The van der Waals surface area contributed by atoms with Crippen molar-refractivity contribution in [3.63, 3.8) is 0 Å². The standard InChI is InChI=1S/C18H21NO3/c1-2-17(18(20)19-9-11-21-12-10-19)22-16-8-7-14-5-3-4-6-15(14)13-16/h3-8,13,17H,2,9-12H2,1H3. The predicted molar refractivity (Wildman–Crippen MR) is 86.1 cm³/mol. The zero-order chi connectivity index (χ0) is 15.4. The molecule has 1 fully saturated rings. The molecule has 1 aliphatic heterocycles. The second kappa shape index (κ2) is 6.79. The third-order valence-electron chi connectivity index (χ3n) is 3.97. The monoisotopic (exact) mass is 299 g/mol. The van der Waals surface area contributed by atoms with Crippen LogP contribution in [0.3, 0.4) is 0 Å². The van der Waals surface area contributed by atoms with Crippen LogP contribution < -0.4 is 4.74 Å². The van der Waals surface area contributed by atoms with Gasteiger partial charge in [-0.2, -0.15) is 0 Å². The van der Waals surface area contributed by atoms with Crippen molar-refractivity contribution in [1.29, 1.82) is 0 Å². The van der Waals surface area contributed by atoms with Gasteiger partial charge in [0.05, 0.1) is 13.2 Å². The van der Waals surface area contributed by atoms with Crippen molar-refractivity contribution in [3.05, 3.63) is 42.5 Å². The van der Waals surface area contributed by atoms with Gasteiger partial charge in [0, 0.05) is 13.1 Å². The Hall–Kier alpha value is -2.07. The van der Waals surface area contributed by atoms with E-state index in [1.54, 1.807) is 0 Å². The highest BCUT2D eigenvalue weighted by molar-refractivity contribution is 5.84. The summed E-state index contributed by atoms with van der Waals surface area (Å²) in [4.78, 5) is 14.4. The molecular formula is C18H21NO3. The van der Waals surface area contributed by atoms with Gasteiger partial charge in [-0.3, -0.25) is 4.79 Å². The molecular weight excluding hydrogens is 278 g/mol. The van der Waals surface area contributed by atoms with Crippen molar-refractivity contribution in [2.45, 2.75) is 19.4 Å². The third kappa shape index (κ3) is 3.22. The average molecular weight is 299 g/mol. The highest BCUT2D eigenvalue weighted by atomic mass is 16.5. The molecule has 2 aromatic carbocycles. The molecule has 1 amide bonds. The van der Waals surface area contributed by atoms with Crippen LogP contribution in [0.25, 0.3) is 10.8 Å². The second-order valence-electron chi connectivity index (χ2n) is 5.46. The lowest BCUT2D eigenvalue weighted by Gasteiger charge is -2.30. The normalized spacial score (nSPS) is 16.5. The van der Waals surface area contributed by atoms with Gasteiger partial charge in [0.25, 0.3) is 5.91 Å². The van der Waals surface area contributed by atoms with Gasteiger partial charge in [-0.05, 0) is 29.3 Å². The summed E-state index contributed by atoms with van der Waals surface area (Å²) in [5, 5.41) is 2.29. The van der Waals surface area contributed by atoms with Crippen LogP contribution in [-0.2, 0) is 9.53 Å². The summed E-state index contributed by atoms with van der Waals surface area (Å²) < 4.78 is 11.2. The molecule has 0 N–H and O–H groups in total. The number of fused-ring (bicyclic) bond motifs is 1. The quantitative estimate of drug-likeness (QED) is 0.871. The molecule has 116 valence electrons. The van der Waals surface area contributed by atoms with Gasteiger partial charge in [-0.1, -0.05) is 37.3 Å². The van der Waals surface area contributed by atoms with E-state index in [-0.39, 0.29) is 5.91 Å². The number of hydrogen-bond acceptors (Lipinski definition) is 3. The first-order chi connectivity index (χ1) is 10.8. The van der Waals surface area contributed by atoms with Gasteiger partial charge in [0.15, 0.2) is 6.10 Å². The summed E-state index contributed by atoms with van der Waals surface area (Å²) in [7, 11) is 0. The predicted octanol–water partition coefficient (Wildman–Crippen LogP) is 2.86. The molecule has 3 rings (SSSR count). The number of amides is 1. The molecule has 0 bridgehead atoms. The Kier molecular flexibility index (Phi) is 4.59. The molecule has 1 unspecified atom stereocenters. The van der Waals surface area contributed by atoms with Crippen molar-refractivity contribution < 1.29 is 14.3 Å². The summed E-state index contributed by atoms with van der Waals surface area (Å²) in [5.74, 6) is 0.797. The number of morpholine rings is 1. The molecule has 0 saturated carbocycles. The molecule has 0 aromatic heterocycles. The van der Waals surface area contributed by atoms with E-state index in [9.17, 15) is 4.79 Å². The van der Waals surface area contributed by atoms with Crippen LogP contribution in [0.2, 0.25) is 0 Å². The van der Waals surface area contributed by atoms with Gasteiger partial charge >= 0.3 is 0 Å². The molecule has 0 aliphatic carbocycles. The lowest BCUT2D eigenvalue weighted by molar-refractivity contribution is -0.142. The molecule has 0 radical (unpaired) electrons. The zero-order valence-electron chi connectivity index (χ0n) is 12.8. The van der Waals surface area contributed by atoms with Crippen molar-refractivity contribution in [3.8, 4) is 5.75 Å². The number of benzene rings is 2. The number of rotatable bonds is 4. The van der Waals surface area contributed by atoms with E-state index in [4.69, 9.17) is 9.47 Å². The Morgan fingerprint density at radius 3 is 2.64 bits per heavy atom. The maximum absolute atomic E-state index is 12.5. The fourth-order valence-electron chi connectivity index (χ4n) is 2.70. The Bertz CT molecular complexity index is 650. The Morgan fingerprint density at radius 2 is 1.91 bits per heavy atom. The number of hydrogen-bond donors (Lipinski definition) is 0. The van der Waals surface area contributed by atoms with E-state index in [2.05, 4.69) is 6.07 Å². The van der Waals surface area contributed by atoms with Crippen molar-refractivity contribution in [2.24, 2.45) is 0 Å². The smallest absolute Gasteiger partial charge is 0.263 e. The molecule has 1 atom stereocenters. The Morgan fingerprint density at radius 1 is 1.18 bits per heavy atom. The first kappa shape index (κ1) is 14.9. The molecule has 0 spiro atoms. The lowest BCUT2D eigenvalue weighted by Crippen LogP contribution is -2.47. The van der Waals surface area contributed by atoms with E-state index in [1.165, 1.54) is 5.39 Å². The first-order valence-electron chi connectivity index (χ1n) is 7.80. The summed E-state index contributed by atoms with van der Waals surface area (Å²) in [6.45, 7) is 4.49. The molecule has 22 heavy (non-hydrogen) atoms. The largest absolute Gasteiger partial charge is 0.481 e. The van der Waals surface area contributed by atoms with E-state index < -0.39 is 6.10 Å². The van der Waals surface area contributed by atoms with Crippen LogP contribution in [0.4, 0.5) is 0 Å². The highest BCUT2D eigenvalue weighted by Gasteiger charge is 2.26. The molecule has 1 saturated heterocycles. The van der Waals surface area contributed by atoms with Crippen LogP contribution in [-0.4, -0.2) is 43.2 Å². The number of carbonyl (C=O) groups is 1. The summed E-state index contributed by atoms with van der Waals surface area (Å²) in [6.07, 6.45) is 0.225. The SMILES string of the molecule is CCC(Oc1ccc2ccccc2c1)C(=O)N1CCOCC1. The third-order valence-corrected chi connectivity index (χ3v) is 3.97. The molecule has 4 nitrogen and oxygen atoms in total. The summed E-state index contributed by atoms with van der Waals surface area (Å²) >= 11 is 0. The Balaban J connectivity index is 1.74. The Labute approximate surface area is 130 Å². The van der Waals surface area contributed by atoms with Gasteiger partial charge in [0.1, 0.15) is 5.75 Å². The minimum absolute atomic E-state index is 0.0546. The minimum Gasteiger partial charge on any atom is -0.481 e. The number of ether oxygens (including phenoxy) is 2. The van der Waals surface area contributed by atoms with Crippen molar-refractivity contribution >= 4 is 16.7 Å². The molecule has 1 heterocycles. The maximum Gasteiger partial charge on any atom is 0.263 e. The number of nitrogens with zero attached hydrogens (tertiary/aromatic N) is 1. The van der Waals surface area contributed by atoms with Crippen LogP contribution in [0.15, 0.2) is 42.5 Å². The summed E-state index contributed by atoms with van der Waals surface area (Å²) in [6, 6.07) is 14.1. The molecule has 1 aliphatic rings. The van der Waals surface area contributed by atoms with Crippen LogP contribution in [0, 0.1) is 0 Å². The van der Waals surface area contributed by atoms with Gasteiger partial charge in [0.2, 0.25) is 0 Å². The first-order valence-corrected chi connectivity index (χ1v) is 7.80. The second-order valence-corrected chi connectivity index (χ2v) is 5.46. The van der Waals surface area contributed by atoms with Crippen LogP contribution in [0.5, 0.6) is 5.75 Å². The van der Waals surface area contributed by atoms with E-state index in [1.807, 2.05) is 48.2 Å². The zero-order valence-corrected chi connectivity index (χ0v) is 12.8. The van der Waals surface area contributed by atoms with Crippen molar-refractivity contribution in [1.82, 2.24) is 4.90 Å². The van der Waals surface area contributed by atoms with E-state index in [0.717, 1.165) is 11.1 Å². The topological polar surface area (TPSA) is 38.8 Å². The van der Waals surface area contributed by atoms with Gasteiger partial charge in [-0.15, -0.1) is 0 Å². The van der Waals surface area contributed by atoms with Crippen molar-refractivity contribution in [2.75, 3.05) is 26.3 Å².